The summed E-state index contributed by atoms with van der Waals surface area (Å²) >= 11 is 0. The maximum Gasteiger partial charge on any atom is 0.0127 e. The fourth-order valence-electron chi connectivity index (χ4n) is 5.31. The Hall–Kier alpha value is -0.0800. The van der Waals surface area contributed by atoms with Crippen LogP contribution in [-0.2, 0) is 0 Å². The van der Waals surface area contributed by atoms with E-state index in [2.05, 4.69) is 11.8 Å². The van der Waals surface area contributed by atoms with Crippen LogP contribution in [0.1, 0.15) is 77.6 Å². The van der Waals surface area contributed by atoms with Crippen LogP contribution in [0.3, 0.4) is 0 Å². The summed E-state index contributed by atoms with van der Waals surface area (Å²) in [6.45, 7) is 2.42. The summed E-state index contributed by atoms with van der Waals surface area (Å²) in [5, 5.41) is 0. The number of rotatable bonds is 3. The molecule has 3 fully saturated rings. The van der Waals surface area contributed by atoms with Crippen molar-refractivity contribution in [3.05, 3.63) is 0 Å². The van der Waals surface area contributed by atoms with Crippen molar-refractivity contribution in [1.82, 2.24) is 4.90 Å². The molecule has 2 bridgehead atoms. The molecular weight excluding hydrogens is 232 g/mol. The molecular formula is C17H32N2. The summed E-state index contributed by atoms with van der Waals surface area (Å²) in [7, 11) is 0. The summed E-state index contributed by atoms with van der Waals surface area (Å²) in [6.07, 6.45) is 15.5. The molecule has 0 radical (unpaired) electrons. The summed E-state index contributed by atoms with van der Waals surface area (Å²) in [5.74, 6) is 0.983. The summed E-state index contributed by atoms with van der Waals surface area (Å²) in [6, 6.07) is 2.97. The Labute approximate surface area is 119 Å². The molecule has 3 aliphatic rings. The molecule has 1 saturated carbocycles. The van der Waals surface area contributed by atoms with E-state index >= 15 is 0 Å². The minimum atomic E-state index is 0.482. The van der Waals surface area contributed by atoms with Crippen LogP contribution in [0.2, 0.25) is 0 Å². The van der Waals surface area contributed by atoms with Crippen LogP contribution in [0.25, 0.3) is 0 Å². The number of hydrogen-bond donors (Lipinski definition) is 1. The average molecular weight is 264 g/mol. The highest BCUT2D eigenvalue weighted by Crippen LogP contribution is 2.40. The first kappa shape index (κ1) is 13.9. The van der Waals surface area contributed by atoms with Gasteiger partial charge in [-0.3, -0.25) is 4.90 Å². The molecule has 1 aliphatic carbocycles. The molecule has 110 valence electrons. The smallest absolute Gasteiger partial charge is 0.0127 e. The van der Waals surface area contributed by atoms with E-state index in [1.54, 1.807) is 0 Å². The van der Waals surface area contributed by atoms with E-state index in [0.29, 0.717) is 6.04 Å². The zero-order valence-electron chi connectivity index (χ0n) is 12.7. The van der Waals surface area contributed by atoms with Gasteiger partial charge in [0.25, 0.3) is 0 Å². The van der Waals surface area contributed by atoms with Crippen molar-refractivity contribution in [2.45, 2.75) is 102 Å². The molecule has 3 rings (SSSR count). The van der Waals surface area contributed by atoms with E-state index in [-0.39, 0.29) is 0 Å². The fraction of sp³-hybridized carbons (Fsp3) is 1.00. The SMILES string of the molecule is CCC(C1CCCCC1)N1C2CCCC1CC(N)C2. The third-order valence-electron chi connectivity index (χ3n) is 6.06. The van der Waals surface area contributed by atoms with Gasteiger partial charge in [0.2, 0.25) is 0 Å². The van der Waals surface area contributed by atoms with Gasteiger partial charge in [0, 0.05) is 24.2 Å². The number of nitrogens with two attached hydrogens (primary N) is 1. The molecule has 2 nitrogen and oxygen atoms in total. The summed E-state index contributed by atoms with van der Waals surface area (Å²) in [4.78, 5) is 2.96. The third kappa shape index (κ3) is 2.85. The lowest BCUT2D eigenvalue weighted by Crippen LogP contribution is -2.60. The zero-order chi connectivity index (χ0) is 13.2. The maximum atomic E-state index is 6.28. The van der Waals surface area contributed by atoms with Gasteiger partial charge < -0.3 is 5.73 Å². The van der Waals surface area contributed by atoms with E-state index in [1.807, 2.05) is 0 Å². The first-order chi connectivity index (χ1) is 9.29. The van der Waals surface area contributed by atoms with Crippen LogP contribution in [0, 0.1) is 5.92 Å². The molecule has 2 saturated heterocycles. The van der Waals surface area contributed by atoms with Crippen LogP contribution in [-0.4, -0.2) is 29.1 Å². The van der Waals surface area contributed by atoms with Gasteiger partial charge in [-0.1, -0.05) is 32.6 Å². The van der Waals surface area contributed by atoms with Gasteiger partial charge in [0.05, 0.1) is 0 Å². The van der Waals surface area contributed by atoms with Crippen molar-refractivity contribution >= 4 is 0 Å². The standard InChI is InChI=1S/C17H32N2/c1-2-17(13-7-4-3-5-8-13)19-15-9-6-10-16(19)12-14(18)11-15/h13-17H,2-12,18H2,1H3. The van der Waals surface area contributed by atoms with Crippen molar-refractivity contribution in [3.63, 3.8) is 0 Å². The Morgan fingerprint density at radius 3 is 2.16 bits per heavy atom. The number of hydrogen-bond acceptors (Lipinski definition) is 2. The van der Waals surface area contributed by atoms with Crippen LogP contribution < -0.4 is 5.73 Å². The fourth-order valence-corrected chi connectivity index (χ4v) is 5.31. The van der Waals surface area contributed by atoms with Crippen LogP contribution in [0.5, 0.6) is 0 Å². The molecule has 2 N–H and O–H groups in total. The molecule has 0 amide bonds. The predicted octanol–water partition coefficient (Wildman–Crippen LogP) is 3.69. The molecule has 0 aromatic rings. The highest BCUT2D eigenvalue weighted by molar-refractivity contribution is 4.98. The molecule has 2 heterocycles. The molecule has 2 aliphatic heterocycles. The van der Waals surface area contributed by atoms with E-state index in [0.717, 1.165) is 24.0 Å². The van der Waals surface area contributed by atoms with E-state index < -0.39 is 0 Å². The number of nitrogens with zero attached hydrogens (tertiary/aromatic N) is 1. The first-order valence-electron chi connectivity index (χ1n) is 8.82. The molecule has 3 atom stereocenters. The van der Waals surface area contributed by atoms with Gasteiger partial charge in [-0.2, -0.15) is 0 Å². The van der Waals surface area contributed by atoms with Crippen LogP contribution in [0.15, 0.2) is 0 Å². The Morgan fingerprint density at radius 1 is 0.947 bits per heavy atom. The highest BCUT2D eigenvalue weighted by Gasteiger charge is 2.42. The Balaban J connectivity index is 1.74. The predicted molar refractivity (Wildman–Crippen MR) is 81.1 cm³/mol. The van der Waals surface area contributed by atoms with Crippen molar-refractivity contribution in [2.24, 2.45) is 11.7 Å². The van der Waals surface area contributed by atoms with Gasteiger partial charge in [-0.15, -0.1) is 0 Å². The molecule has 0 aromatic heterocycles. The minimum Gasteiger partial charge on any atom is -0.328 e. The van der Waals surface area contributed by atoms with Gasteiger partial charge >= 0.3 is 0 Å². The van der Waals surface area contributed by atoms with E-state index in [1.165, 1.54) is 70.6 Å². The lowest BCUT2D eigenvalue weighted by atomic mass is 9.76. The van der Waals surface area contributed by atoms with E-state index in [9.17, 15) is 0 Å². The zero-order valence-corrected chi connectivity index (χ0v) is 12.7. The first-order valence-corrected chi connectivity index (χ1v) is 8.82. The second-order valence-electron chi connectivity index (χ2n) is 7.29. The topological polar surface area (TPSA) is 29.3 Å². The van der Waals surface area contributed by atoms with Crippen molar-refractivity contribution in [2.75, 3.05) is 0 Å². The highest BCUT2D eigenvalue weighted by atomic mass is 15.2. The quantitative estimate of drug-likeness (QED) is 0.842. The lowest BCUT2D eigenvalue weighted by Gasteiger charge is -2.54. The van der Waals surface area contributed by atoms with Crippen molar-refractivity contribution in [1.29, 1.82) is 0 Å². The lowest BCUT2D eigenvalue weighted by molar-refractivity contribution is -0.0328. The molecule has 3 unspecified atom stereocenters. The maximum absolute atomic E-state index is 6.28. The summed E-state index contributed by atoms with van der Waals surface area (Å²) < 4.78 is 0. The Bertz CT molecular complexity index is 271. The van der Waals surface area contributed by atoms with Crippen molar-refractivity contribution < 1.29 is 0 Å². The van der Waals surface area contributed by atoms with Gasteiger partial charge in [0.15, 0.2) is 0 Å². The molecule has 0 aromatic carbocycles. The van der Waals surface area contributed by atoms with Gasteiger partial charge in [0.1, 0.15) is 0 Å². The third-order valence-corrected chi connectivity index (χ3v) is 6.06. The van der Waals surface area contributed by atoms with Gasteiger partial charge in [-0.05, 0) is 50.9 Å². The second-order valence-corrected chi connectivity index (χ2v) is 7.29. The largest absolute Gasteiger partial charge is 0.328 e. The molecule has 19 heavy (non-hydrogen) atoms. The number of piperidine rings is 2. The van der Waals surface area contributed by atoms with Crippen LogP contribution in [0.4, 0.5) is 0 Å². The second kappa shape index (κ2) is 6.13. The van der Waals surface area contributed by atoms with Gasteiger partial charge in [-0.25, -0.2) is 0 Å². The minimum absolute atomic E-state index is 0.482. The Morgan fingerprint density at radius 2 is 1.58 bits per heavy atom. The normalized spacial score (nSPS) is 39.2. The molecule has 0 spiro atoms. The Kier molecular flexibility index (Phi) is 4.48. The summed E-state index contributed by atoms with van der Waals surface area (Å²) in [5.41, 5.74) is 6.28. The van der Waals surface area contributed by atoms with Crippen molar-refractivity contribution in [3.8, 4) is 0 Å². The van der Waals surface area contributed by atoms with Crippen LogP contribution >= 0.6 is 0 Å². The average Bonchev–Trinajstić information content (AvgIpc) is 2.41. The molecule has 2 heteroatoms. The number of fused-ring (bicyclic) bond motifs is 2. The van der Waals surface area contributed by atoms with E-state index in [4.69, 9.17) is 5.73 Å². The monoisotopic (exact) mass is 264 g/mol.